The minimum Gasteiger partial charge on any atom is -0.462 e. The summed E-state index contributed by atoms with van der Waals surface area (Å²) in [6, 6.07) is 0. The second-order valence-corrected chi connectivity index (χ2v) is 14.4. The van der Waals surface area contributed by atoms with Gasteiger partial charge in [-0.2, -0.15) is 0 Å². The Bertz CT molecular complexity index is 1060. The van der Waals surface area contributed by atoms with E-state index in [0.717, 1.165) is 51.4 Å². The van der Waals surface area contributed by atoms with Gasteiger partial charge in [0.25, 0.3) is 0 Å². The second-order valence-electron chi connectivity index (χ2n) is 13.0. The molecular formula is C41H72NO9P. The van der Waals surface area contributed by atoms with Crippen molar-refractivity contribution in [3.8, 4) is 0 Å². The molecule has 0 bridgehead atoms. The second kappa shape index (κ2) is 37.0. The molecule has 0 saturated heterocycles. The largest absolute Gasteiger partial charge is 0.472 e. The standard InChI is InChI=1S/C41H72NO9P/c1-3-5-7-9-11-13-14-15-16-18-20-24-28-32-40(44)48-36-39(37-50-52(46,47)49-35-34-42)51-41(45)33-29-25-21-23-27-31-38(43)30-26-22-19-17-12-10-8-6-4-2/h12-14,17,21-23,26-27,31,38-39,43H,3-11,15-16,18-20,24-25,28-30,32-37,42H2,1-2H3,(H,46,47)/b14-13-,17-12-,23-21+,26-22-,31-27-/t38?,39-/m1/s1. The van der Waals surface area contributed by atoms with E-state index in [0.29, 0.717) is 25.7 Å². The van der Waals surface area contributed by atoms with Gasteiger partial charge in [0.15, 0.2) is 6.10 Å². The van der Waals surface area contributed by atoms with E-state index in [1.165, 1.54) is 44.9 Å². The van der Waals surface area contributed by atoms with Crippen molar-refractivity contribution < 1.29 is 42.7 Å². The molecule has 52 heavy (non-hydrogen) atoms. The van der Waals surface area contributed by atoms with Crippen molar-refractivity contribution in [2.75, 3.05) is 26.4 Å². The monoisotopic (exact) mass is 753 g/mol. The van der Waals surface area contributed by atoms with Crippen LogP contribution in [0.3, 0.4) is 0 Å². The maximum absolute atomic E-state index is 12.5. The molecule has 0 fully saturated rings. The van der Waals surface area contributed by atoms with Crippen LogP contribution < -0.4 is 5.73 Å². The van der Waals surface area contributed by atoms with Crippen LogP contribution >= 0.6 is 7.82 Å². The van der Waals surface area contributed by atoms with E-state index < -0.39 is 38.6 Å². The normalized spacial score (nSPS) is 14.6. The van der Waals surface area contributed by atoms with E-state index in [9.17, 15) is 24.2 Å². The van der Waals surface area contributed by atoms with Crippen molar-refractivity contribution in [3.63, 3.8) is 0 Å². The summed E-state index contributed by atoms with van der Waals surface area (Å²) in [6.07, 6.45) is 38.5. The molecule has 0 aliphatic heterocycles. The highest BCUT2D eigenvalue weighted by Crippen LogP contribution is 2.43. The number of esters is 2. The average Bonchev–Trinajstić information content (AvgIpc) is 3.12. The Morgan fingerprint density at radius 1 is 0.673 bits per heavy atom. The van der Waals surface area contributed by atoms with Crippen LogP contribution in [-0.2, 0) is 32.7 Å². The van der Waals surface area contributed by atoms with E-state index in [1.807, 2.05) is 18.2 Å². The van der Waals surface area contributed by atoms with E-state index in [1.54, 1.807) is 12.2 Å². The molecule has 10 nitrogen and oxygen atoms in total. The molecule has 11 heteroatoms. The number of unbranched alkanes of at least 4 members (excludes halogenated alkanes) is 13. The Morgan fingerprint density at radius 2 is 1.25 bits per heavy atom. The molecule has 0 aromatic rings. The quantitative estimate of drug-likeness (QED) is 0.0185. The van der Waals surface area contributed by atoms with Gasteiger partial charge in [-0.15, -0.1) is 0 Å². The van der Waals surface area contributed by atoms with Crippen LogP contribution in [-0.4, -0.2) is 60.5 Å². The zero-order valence-corrected chi connectivity index (χ0v) is 33.3. The van der Waals surface area contributed by atoms with Gasteiger partial charge in [0.2, 0.25) is 0 Å². The number of ether oxygens (including phenoxy) is 2. The van der Waals surface area contributed by atoms with Crippen molar-refractivity contribution in [3.05, 3.63) is 60.8 Å². The van der Waals surface area contributed by atoms with Gasteiger partial charge >= 0.3 is 19.8 Å². The predicted molar refractivity (Wildman–Crippen MR) is 212 cm³/mol. The fourth-order valence-electron chi connectivity index (χ4n) is 4.93. The highest BCUT2D eigenvalue weighted by atomic mass is 31.2. The van der Waals surface area contributed by atoms with E-state index in [4.69, 9.17) is 24.3 Å². The van der Waals surface area contributed by atoms with Crippen LogP contribution in [0.1, 0.15) is 149 Å². The number of aliphatic hydroxyl groups is 1. The zero-order valence-electron chi connectivity index (χ0n) is 32.4. The van der Waals surface area contributed by atoms with Crippen LogP contribution in [0.15, 0.2) is 60.8 Å². The van der Waals surface area contributed by atoms with Crippen LogP contribution in [0.25, 0.3) is 0 Å². The molecule has 0 aromatic heterocycles. The van der Waals surface area contributed by atoms with Crippen molar-refractivity contribution in [2.24, 2.45) is 5.73 Å². The molecule has 0 aromatic carbocycles. The predicted octanol–water partition coefficient (Wildman–Crippen LogP) is 9.91. The summed E-state index contributed by atoms with van der Waals surface area (Å²) < 4.78 is 32.5. The van der Waals surface area contributed by atoms with Gasteiger partial charge in [-0.05, 0) is 70.6 Å². The topological polar surface area (TPSA) is 155 Å². The molecule has 0 spiro atoms. The van der Waals surface area contributed by atoms with Crippen molar-refractivity contribution in [1.29, 1.82) is 0 Å². The number of allylic oxidation sites excluding steroid dienone is 8. The first-order valence-corrected chi connectivity index (χ1v) is 21.4. The minimum absolute atomic E-state index is 0.0275. The van der Waals surface area contributed by atoms with Crippen molar-refractivity contribution in [1.82, 2.24) is 0 Å². The Labute approximate surface area is 315 Å². The fraction of sp³-hybridized carbons (Fsp3) is 0.707. The summed E-state index contributed by atoms with van der Waals surface area (Å²) in [7, 11) is -4.41. The Morgan fingerprint density at radius 3 is 1.96 bits per heavy atom. The van der Waals surface area contributed by atoms with Gasteiger partial charge in [-0.25, -0.2) is 4.57 Å². The Kier molecular flexibility index (Phi) is 35.3. The molecule has 2 unspecified atom stereocenters. The smallest absolute Gasteiger partial charge is 0.462 e. The van der Waals surface area contributed by atoms with Crippen LogP contribution in [0.4, 0.5) is 0 Å². The van der Waals surface area contributed by atoms with Gasteiger partial charge in [0.1, 0.15) is 6.61 Å². The molecule has 0 rings (SSSR count). The number of phosphoric ester groups is 1. The molecule has 0 aliphatic carbocycles. The summed E-state index contributed by atoms with van der Waals surface area (Å²) in [4.78, 5) is 34.7. The first-order chi connectivity index (χ1) is 25.2. The lowest BCUT2D eigenvalue weighted by atomic mass is 10.1. The summed E-state index contributed by atoms with van der Waals surface area (Å²) in [5, 5.41) is 10.1. The molecular weight excluding hydrogens is 681 g/mol. The lowest BCUT2D eigenvalue weighted by Crippen LogP contribution is -2.29. The number of rotatable bonds is 36. The highest BCUT2D eigenvalue weighted by molar-refractivity contribution is 7.47. The maximum Gasteiger partial charge on any atom is 0.472 e. The summed E-state index contributed by atoms with van der Waals surface area (Å²) in [5.41, 5.74) is 5.32. The molecule has 0 saturated carbocycles. The number of aliphatic hydroxyl groups excluding tert-OH is 1. The molecule has 0 amide bonds. The lowest BCUT2D eigenvalue weighted by molar-refractivity contribution is -0.161. The zero-order chi connectivity index (χ0) is 38.4. The van der Waals surface area contributed by atoms with Gasteiger partial charge in [-0.1, -0.05) is 126 Å². The third-order valence-electron chi connectivity index (χ3n) is 7.96. The first kappa shape index (κ1) is 49.7. The summed E-state index contributed by atoms with van der Waals surface area (Å²) in [5.74, 6) is -0.975. The number of carbonyl (C=O) groups excluding carboxylic acids is 2. The van der Waals surface area contributed by atoms with Gasteiger partial charge in [0.05, 0.1) is 19.3 Å². The van der Waals surface area contributed by atoms with Crippen molar-refractivity contribution >= 4 is 19.8 Å². The molecule has 4 N–H and O–H groups in total. The summed E-state index contributed by atoms with van der Waals surface area (Å²) >= 11 is 0. The summed E-state index contributed by atoms with van der Waals surface area (Å²) in [6.45, 7) is 3.48. The SMILES string of the molecule is CCCCC/C=C\C/C=C\CC(O)/C=C\C=C\CCCC(=O)O[C@H](COC(=O)CCCCCCC/C=C\CCCCCC)COP(=O)(O)OCCN. The third-order valence-corrected chi connectivity index (χ3v) is 8.94. The Hall–Kier alpha value is -2.33. The minimum atomic E-state index is -4.41. The molecule has 0 radical (unpaired) electrons. The number of carbonyl (C=O) groups is 2. The third kappa shape index (κ3) is 36.0. The molecule has 0 aliphatic rings. The van der Waals surface area contributed by atoms with E-state index in [-0.39, 0.29) is 32.6 Å². The van der Waals surface area contributed by atoms with Crippen molar-refractivity contribution in [2.45, 2.75) is 161 Å². The van der Waals surface area contributed by atoms with Gasteiger partial charge in [-0.3, -0.25) is 18.6 Å². The number of phosphoric acid groups is 1. The van der Waals surface area contributed by atoms with Gasteiger partial charge in [0, 0.05) is 19.4 Å². The Balaban J connectivity index is 4.43. The van der Waals surface area contributed by atoms with Crippen LogP contribution in [0.2, 0.25) is 0 Å². The number of hydrogen-bond acceptors (Lipinski definition) is 9. The van der Waals surface area contributed by atoms with E-state index in [2.05, 4.69) is 44.2 Å². The van der Waals surface area contributed by atoms with Crippen LogP contribution in [0.5, 0.6) is 0 Å². The van der Waals surface area contributed by atoms with Crippen LogP contribution in [0, 0.1) is 0 Å². The van der Waals surface area contributed by atoms with E-state index >= 15 is 0 Å². The molecule has 300 valence electrons. The lowest BCUT2D eigenvalue weighted by Gasteiger charge is -2.19. The highest BCUT2D eigenvalue weighted by Gasteiger charge is 2.25. The number of hydrogen-bond donors (Lipinski definition) is 3. The average molecular weight is 754 g/mol. The fourth-order valence-corrected chi connectivity index (χ4v) is 5.70. The maximum atomic E-state index is 12.5. The van der Waals surface area contributed by atoms with Gasteiger partial charge < -0.3 is 25.2 Å². The molecule has 3 atom stereocenters. The number of nitrogens with two attached hydrogens (primary N) is 1. The molecule has 0 heterocycles. The first-order valence-electron chi connectivity index (χ1n) is 19.9.